The van der Waals surface area contributed by atoms with Crippen molar-refractivity contribution < 1.29 is 18.3 Å². The van der Waals surface area contributed by atoms with Crippen molar-refractivity contribution in [3.8, 4) is 11.3 Å². The minimum atomic E-state index is -4.17. The molecule has 4 heterocycles. The fraction of sp³-hybridized carbons (Fsp3) is 0.381. The number of rotatable bonds is 3. The zero-order valence-electron chi connectivity index (χ0n) is 15.9. The molecule has 2 bridgehead atoms. The highest BCUT2D eigenvalue weighted by molar-refractivity contribution is 7.18. The van der Waals surface area contributed by atoms with Crippen LogP contribution in [0.15, 0.2) is 36.7 Å². The Labute approximate surface area is 173 Å². The van der Waals surface area contributed by atoms with Gasteiger partial charge in [0.1, 0.15) is 4.83 Å². The Hall–Kier alpha value is -2.52. The summed E-state index contributed by atoms with van der Waals surface area (Å²) in [6, 6.07) is 7.65. The fourth-order valence-corrected chi connectivity index (χ4v) is 6.32. The van der Waals surface area contributed by atoms with E-state index in [1.54, 1.807) is 10.9 Å². The molecule has 30 heavy (non-hydrogen) atoms. The molecule has 3 saturated carbocycles. The molecule has 0 aliphatic heterocycles. The van der Waals surface area contributed by atoms with E-state index in [4.69, 9.17) is 4.98 Å². The van der Waals surface area contributed by atoms with E-state index < -0.39 is 23.1 Å². The molecule has 0 amide bonds. The Balaban J connectivity index is 1.30. The standard InChI is InChI=1S/C21H17F3N4OS/c1-28-7-13-4-12(6-25-17(13)27-28)14-3-2-11-5-15(30-18(11)26-14)16(29)19-8-20(9-19,10-19)21(22,23)24/h2-7,16,29H,8-10H2,1H3/t16-,19?,20?/m1/s1. The van der Waals surface area contributed by atoms with Crippen molar-refractivity contribution in [1.82, 2.24) is 19.7 Å². The summed E-state index contributed by atoms with van der Waals surface area (Å²) in [5.74, 6) is 0. The zero-order chi connectivity index (χ0) is 20.9. The van der Waals surface area contributed by atoms with Crippen LogP contribution in [0.25, 0.3) is 32.5 Å². The van der Waals surface area contributed by atoms with Crippen LogP contribution in [0.4, 0.5) is 13.2 Å². The van der Waals surface area contributed by atoms with Crippen LogP contribution in [-0.2, 0) is 7.05 Å². The first-order chi connectivity index (χ1) is 14.2. The molecule has 5 nitrogen and oxygen atoms in total. The molecule has 0 radical (unpaired) electrons. The summed E-state index contributed by atoms with van der Waals surface area (Å²) in [6.45, 7) is 0. The minimum Gasteiger partial charge on any atom is -0.387 e. The highest BCUT2D eigenvalue weighted by atomic mass is 32.1. The molecule has 4 aromatic rings. The van der Waals surface area contributed by atoms with Crippen LogP contribution in [0.1, 0.15) is 30.2 Å². The average Bonchev–Trinajstić information content (AvgIpc) is 3.18. The van der Waals surface area contributed by atoms with Crippen LogP contribution >= 0.6 is 11.3 Å². The van der Waals surface area contributed by atoms with Crippen molar-refractivity contribution in [2.75, 3.05) is 0 Å². The number of hydrogen-bond donors (Lipinski definition) is 1. The van der Waals surface area contributed by atoms with E-state index >= 15 is 0 Å². The highest BCUT2D eigenvalue weighted by Gasteiger charge is 2.80. The van der Waals surface area contributed by atoms with E-state index in [1.165, 1.54) is 11.3 Å². The fourth-order valence-electron chi connectivity index (χ4n) is 5.16. The van der Waals surface area contributed by atoms with Crippen molar-refractivity contribution in [3.05, 3.63) is 41.5 Å². The molecule has 0 saturated heterocycles. The van der Waals surface area contributed by atoms with Gasteiger partial charge < -0.3 is 5.11 Å². The van der Waals surface area contributed by atoms with Crippen LogP contribution in [-0.4, -0.2) is 31.0 Å². The molecule has 0 unspecified atom stereocenters. The van der Waals surface area contributed by atoms with Crippen LogP contribution < -0.4 is 0 Å². The van der Waals surface area contributed by atoms with Crippen LogP contribution in [0.3, 0.4) is 0 Å². The maximum atomic E-state index is 13.1. The Morgan fingerprint density at radius 2 is 1.93 bits per heavy atom. The predicted octanol–water partition coefficient (Wildman–Crippen LogP) is 5.01. The summed E-state index contributed by atoms with van der Waals surface area (Å²) in [7, 11) is 1.84. The smallest absolute Gasteiger partial charge is 0.387 e. The second kappa shape index (κ2) is 5.59. The Kier molecular flexibility index (Phi) is 3.40. The molecule has 4 aromatic heterocycles. The molecule has 3 fully saturated rings. The largest absolute Gasteiger partial charge is 0.394 e. The lowest BCUT2D eigenvalue weighted by Crippen LogP contribution is -2.69. The van der Waals surface area contributed by atoms with E-state index in [2.05, 4.69) is 10.1 Å². The van der Waals surface area contributed by atoms with Gasteiger partial charge in [0.05, 0.1) is 17.2 Å². The molecule has 1 N–H and O–H groups in total. The van der Waals surface area contributed by atoms with Crippen molar-refractivity contribution >= 4 is 32.6 Å². The molecular weight excluding hydrogens is 413 g/mol. The maximum Gasteiger partial charge on any atom is 0.394 e. The van der Waals surface area contributed by atoms with Gasteiger partial charge >= 0.3 is 6.18 Å². The summed E-state index contributed by atoms with van der Waals surface area (Å²) in [4.78, 5) is 10.5. The number of thiophene rings is 1. The third kappa shape index (κ3) is 2.36. The summed E-state index contributed by atoms with van der Waals surface area (Å²) in [5.41, 5.74) is 0.0892. The monoisotopic (exact) mass is 430 g/mol. The first-order valence-corrected chi connectivity index (χ1v) is 10.4. The number of pyridine rings is 2. The molecule has 0 spiro atoms. The van der Waals surface area contributed by atoms with E-state index in [0.29, 0.717) is 10.5 Å². The topological polar surface area (TPSA) is 63.8 Å². The number of fused-ring (bicyclic) bond motifs is 2. The summed E-state index contributed by atoms with van der Waals surface area (Å²) >= 11 is 1.35. The second-order valence-corrected chi connectivity index (χ2v) is 9.81. The lowest BCUT2D eigenvalue weighted by molar-refractivity contribution is -0.382. The lowest BCUT2D eigenvalue weighted by Gasteiger charge is -2.71. The molecular formula is C21H17F3N4OS. The number of aliphatic hydroxyl groups is 1. The third-order valence-electron chi connectivity index (χ3n) is 6.69. The number of aromatic nitrogens is 4. The van der Waals surface area contributed by atoms with Gasteiger partial charge in [0.25, 0.3) is 0 Å². The predicted molar refractivity (Wildman–Crippen MR) is 107 cm³/mol. The first-order valence-electron chi connectivity index (χ1n) is 9.63. The van der Waals surface area contributed by atoms with Gasteiger partial charge in [-0.05, 0) is 43.5 Å². The molecule has 7 rings (SSSR count). The minimum absolute atomic E-state index is 0.0222. The number of alkyl halides is 3. The summed E-state index contributed by atoms with van der Waals surface area (Å²) in [5, 5.41) is 16.9. The number of aliphatic hydroxyl groups excluding tert-OH is 1. The maximum absolute atomic E-state index is 13.1. The molecule has 3 aliphatic carbocycles. The number of nitrogens with zero attached hydrogens (tertiary/aromatic N) is 4. The highest BCUT2D eigenvalue weighted by Crippen LogP contribution is 2.81. The average molecular weight is 430 g/mol. The first kappa shape index (κ1) is 18.3. The Morgan fingerprint density at radius 1 is 1.17 bits per heavy atom. The number of halogens is 3. The van der Waals surface area contributed by atoms with Crippen LogP contribution in [0.2, 0.25) is 0 Å². The van der Waals surface area contributed by atoms with Crippen LogP contribution in [0, 0.1) is 10.8 Å². The van der Waals surface area contributed by atoms with Crippen molar-refractivity contribution in [1.29, 1.82) is 0 Å². The van der Waals surface area contributed by atoms with Gasteiger partial charge in [-0.25, -0.2) is 9.97 Å². The quantitative estimate of drug-likeness (QED) is 0.496. The Bertz CT molecular complexity index is 1310. The molecule has 154 valence electrons. The second-order valence-electron chi connectivity index (χ2n) is 8.75. The molecule has 1 atom stereocenters. The van der Waals surface area contributed by atoms with Gasteiger partial charge in [-0.15, -0.1) is 11.3 Å². The molecule has 9 heteroatoms. The van der Waals surface area contributed by atoms with E-state index in [9.17, 15) is 18.3 Å². The van der Waals surface area contributed by atoms with Crippen molar-refractivity contribution in [2.24, 2.45) is 17.9 Å². The zero-order valence-corrected chi connectivity index (χ0v) is 16.8. The molecule has 3 aliphatic rings. The molecule has 0 aromatic carbocycles. The van der Waals surface area contributed by atoms with E-state index in [0.717, 1.165) is 26.9 Å². The number of aryl methyl sites for hydroxylation is 1. The van der Waals surface area contributed by atoms with Gasteiger partial charge in [-0.1, -0.05) is 0 Å². The van der Waals surface area contributed by atoms with Crippen LogP contribution in [0.5, 0.6) is 0 Å². The van der Waals surface area contributed by atoms with Gasteiger partial charge in [0.2, 0.25) is 0 Å². The van der Waals surface area contributed by atoms with E-state index in [-0.39, 0.29) is 19.3 Å². The van der Waals surface area contributed by atoms with Gasteiger partial charge in [0, 0.05) is 46.1 Å². The summed E-state index contributed by atoms with van der Waals surface area (Å²) < 4.78 is 41.1. The summed E-state index contributed by atoms with van der Waals surface area (Å²) in [6.07, 6.45) is -1.36. The van der Waals surface area contributed by atoms with Crippen molar-refractivity contribution in [2.45, 2.75) is 31.5 Å². The van der Waals surface area contributed by atoms with E-state index in [1.807, 2.05) is 37.5 Å². The normalized spacial score (nSPS) is 26.6. The number of hydrogen-bond acceptors (Lipinski definition) is 5. The van der Waals surface area contributed by atoms with Crippen molar-refractivity contribution in [3.63, 3.8) is 0 Å². The third-order valence-corrected chi connectivity index (χ3v) is 7.79. The van der Waals surface area contributed by atoms with Gasteiger partial charge in [-0.2, -0.15) is 18.3 Å². The SMILES string of the molecule is Cn1cc2cc(-c3ccc4cc([C@@H](O)C56CC(C(F)(F)F)(C5)C6)sc4n3)cnc2n1. The Morgan fingerprint density at radius 3 is 2.67 bits per heavy atom. The lowest BCUT2D eigenvalue weighted by atomic mass is 9.33. The van der Waals surface area contributed by atoms with Gasteiger partial charge in [-0.3, -0.25) is 4.68 Å². The van der Waals surface area contributed by atoms with Gasteiger partial charge in [0.15, 0.2) is 5.65 Å².